The average molecular weight is 557 g/mol. The minimum atomic E-state index is -1.22. The molecule has 0 bridgehead atoms. The van der Waals surface area contributed by atoms with E-state index in [1.54, 1.807) is 14.0 Å². The first kappa shape index (κ1) is 27.9. The summed E-state index contributed by atoms with van der Waals surface area (Å²) in [4.78, 5) is 67.2. The number of nitrogens with one attached hydrogen (secondary N) is 2. The average Bonchev–Trinajstić information content (AvgIpc) is 3.59. The molecule has 15 heteroatoms. The number of hydrogen-bond donors (Lipinski definition) is 3. The number of carbonyl (C=O) groups excluding carboxylic acids is 3. The Kier molecular flexibility index (Phi) is 8.24. The fraction of sp³-hybridized carbons (Fsp3) is 0.500. The summed E-state index contributed by atoms with van der Waals surface area (Å²) in [5.74, 6) is -1.96. The third kappa shape index (κ3) is 5.26. The van der Waals surface area contributed by atoms with Gasteiger partial charge < -0.3 is 17.2 Å². The van der Waals surface area contributed by atoms with Gasteiger partial charge in [-0.05, 0) is 43.3 Å². The van der Waals surface area contributed by atoms with Crippen molar-refractivity contribution in [3.05, 3.63) is 38.5 Å². The number of carboxylic acid groups (broad SMARTS) is 1. The number of aryl methyl sites for hydroxylation is 2. The minimum absolute atomic E-state index is 0. The molecule has 4 aliphatic rings. The summed E-state index contributed by atoms with van der Waals surface area (Å²) in [5, 5.41) is 19.3. The molecule has 1 aliphatic carbocycles. The van der Waals surface area contributed by atoms with E-state index in [2.05, 4.69) is 20.7 Å². The van der Waals surface area contributed by atoms with Crippen molar-refractivity contribution in [2.45, 2.75) is 42.8 Å². The predicted octanol–water partition coefficient (Wildman–Crippen LogP) is -3.34. The van der Waals surface area contributed by atoms with E-state index >= 15 is 0 Å². The molecular weight excluding hydrogens is 531 g/mol. The summed E-state index contributed by atoms with van der Waals surface area (Å²) < 4.78 is 1.41. The standard InChI is InChI=1S/C22H24N6O6S2.Na.H/c1-9-17(30)25-22(27(2)26-9)36-8-13(29)24-15-19(32)28-16(21(33)34)12(7-35-20(15)28)14(10-3-4-10)11-5-6-23-18(11)31;;/h10,15,20H,3-8H2,1-2H3,(H,23,31)(H,24,29)(H,33,34);;/q;+1;-1/t15-,20-;;/m1../s1. The molecule has 1 saturated carbocycles. The minimum Gasteiger partial charge on any atom is -1.00 e. The molecule has 0 aromatic carbocycles. The van der Waals surface area contributed by atoms with Crippen LogP contribution in [0.5, 0.6) is 0 Å². The van der Waals surface area contributed by atoms with Gasteiger partial charge in [0.15, 0.2) is 5.16 Å². The van der Waals surface area contributed by atoms with E-state index < -0.39 is 34.8 Å². The number of carbonyl (C=O) groups is 4. The molecule has 1 aromatic rings. The van der Waals surface area contributed by atoms with E-state index in [0.29, 0.717) is 29.9 Å². The number of aliphatic carboxylic acids is 1. The number of hydrogen-bond acceptors (Lipinski definition) is 9. The molecule has 3 fully saturated rings. The molecule has 2 atom stereocenters. The van der Waals surface area contributed by atoms with Crippen molar-refractivity contribution in [1.29, 1.82) is 0 Å². The van der Waals surface area contributed by atoms with Crippen molar-refractivity contribution >= 4 is 47.2 Å². The number of allylic oxidation sites excluding steroid dienone is 1. The number of nitrogens with zero attached hydrogens (tertiary/aromatic N) is 4. The molecule has 3 aliphatic heterocycles. The molecule has 2 saturated heterocycles. The Morgan fingerprint density at radius 1 is 1.30 bits per heavy atom. The van der Waals surface area contributed by atoms with Crippen LogP contribution in [0.1, 0.15) is 26.4 Å². The van der Waals surface area contributed by atoms with Crippen molar-refractivity contribution in [2.75, 3.05) is 18.1 Å². The Balaban J connectivity index is 0.00000200. The van der Waals surface area contributed by atoms with Gasteiger partial charge in [0.25, 0.3) is 11.5 Å². The van der Waals surface area contributed by atoms with Crippen LogP contribution in [-0.4, -0.2) is 77.9 Å². The fourth-order valence-electron chi connectivity index (χ4n) is 4.67. The SMILES string of the molecule is Cc1nn(C)c(SCC(=O)N[C@@H]2C(=O)N3C(C(=O)O)=C(C(=C4CCNC4=O)C4CC4)CS[C@H]23)nc1=O.[H-].[Na+]. The van der Waals surface area contributed by atoms with Gasteiger partial charge in [-0.3, -0.25) is 24.1 Å². The van der Waals surface area contributed by atoms with Crippen molar-refractivity contribution in [3.63, 3.8) is 0 Å². The molecule has 5 rings (SSSR count). The van der Waals surface area contributed by atoms with Crippen molar-refractivity contribution in [2.24, 2.45) is 13.0 Å². The molecule has 3 amide bonds. The number of fused-ring (bicyclic) bond motifs is 1. The largest absolute Gasteiger partial charge is 1.00 e. The van der Waals surface area contributed by atoms with Gasteiger partial charge in [-0.15, -0.1) is 11.8 Å². The van der Waals surface area contributed by atoms with Gasteiger partial charge in [0, 0.05) is 24.9 Å². The van der Waals surface area contributed by atoms with Gasteiger partial charge in [0.05, 0.1) is 5.75 Å². The van der Waals surface area contributed by atoms with Crippen LogP contribution in [0.25, 0.3) is 0 Å². The predicted molar refractivity (Wildman–Crippen MR) is 131 cm³/mol. The van der Waals surface area contributed by atoms with Gasteiger partial charge >= 0.3 is 35.5 Å². The summed E-state index contributed by atoms with van der Waals surface area (Å²) in [6.45, 7) is 2.07. The second-order valence-electron chi connectivity index (χ2n) is 8.96. The number of amides is 3. The third-order valence-corrected chi connectivity index (χ3v) is 8.77. The van der Waals surface area contributed by atoms with Gasteiger partial charge in [0.2, 0.25) is 11.8 Å². The van der Waals surface area contributed by atoms with E-state index in [9.17, 15) is 29.1 Å². The van der Waals surface area contributed by atoms with Crippen molar-refractivity contribution in [1.82, 2.24) is 30.3 Å². The summed E-state index contributed by atoms with van der Waals surface area (Å²) >= 11 is 2.40. The van der Waals surface area contributed by atoms with E-state index in [4.69, 9.17) is 0 Å². The second-order valence-corrected chi connectivity index (χ2v) is 11.0. The van der Waals surface area contributed by atoms with Crippen LogP contribution in [-0.2, 0) is 26.2 Å². The Morgan fingerprint density at radius 2 is 2.03 bits per heavy atom. The molecule has 0 unspecified atom stereocenters. The first-order valence-corrected chi connectivity index (χ1v) is 13.5. The zero-order valence-electron chi connectivity index (χ0n) is 21.6. The molecule has 0 spiro atoms. The van der Waals surface area contributed by atoms with E-state index in [0.717, 1.165) is 30.2 Å². The molecule has 12 nitrogen and oxygen atoms in total. The smallest absolute Gasteiger partial charge is 1.00 e. The van der Waals surface area contributed by atoms with Gasteiger partial charge in [-0.1, -0.05) is 11.8 Å². The van der Waals surface area contributed by atoms with Crippen LogP contribution < -0.4 is 45.8 Å². The Labute approximate surface area is 243 Å². The number of thioether (sulfide) groups is 2. The van der Waals surface area contributed by atoms with Crippen LogP contribution in [0.4, 0.5) is 0 Å². The van der Waals surface area contributed by atoms with E-state index in [1.165, 1.54) is 21.3 Å². The van der Waals surface area contributed by atoms with Crippen molar-refractivity contribution in [3.8, 4) is 0 Å². The molecule has 1 aromatic heterocycles. The number of rotatable bonds is 7. The first-order chi connectivity index (χ1) is 17.2. The summed E-state index contributed by atoms with van der Waals surface area (Å²) in [6.07, 6.45) is 2.31. The Hall–Kier alpha value is -2.13. The molecule has 4 heterocycles. The Morgan fingerprint density at radius 3 is 2.65 bits per heavy atom. The molecule has 37 heavy (non-hydrogen) atoms. The number of carboxylic acids is 1. The van der Waals surface area contributed by atoms with Crippen LogP contribution in [0.3, 0.4) is 0 Å². The zero-order valence-corrected chi connectivity index (χ0v) is 24.2. The molecule has 3 N–H and O–H groups in total. The normalized spacial score (nSPS) is 24.1. The zero-order chi connectivity index (χ0) is 25.7. The number of β-lactam (4-membered cyclic amide) rings is 1. The maximum absolute atomic E-state index is 13.0. The number of aromatic nitrogens is 3. The second kappa shape index (κ2) is 10.9. The van der Waals surface area contributed by atoms with Crippen LogP contribution >= 0.6 is 23.5 Å². The van der Waals surface area contributed by atoms with E-state index in [1.807, 2.05) is 0 Å². The van der Waals surface area contributed by atoms with Crippen LogP contribution in [0.2, 0.25) is 0 Å². The summed E-state index contributed by atoms with van der Waals surface area (Å²) in [6, 6.07) is -0.862. The van der Waals surface area contributed by atoms with Gasteiger partial charge in [0.1, 0.15) is 22.8 Å². The van der Waals surface area contributed by atoms with Crippen LogP contribution in [0, 0.1) is 12.8 Å². The topological polar surface area (TPSA) is 164 Å². The monoisotopic (exact) mass is 556 g/mol. The quantitative estimate of drug-likeness (QED) is 0.134. The maximum Gasteiger partial charge on any atom is 1.00 e. The molecule has 0 radical (unpaired) electrons. The fourth-order valence-corrected chi connectivity index (χ4v) is 6.76. The van der Waals surface area contributed by atoms with Gasteiger partial charge in [-0.2, -0.15) is 10.1 Å². The van der Waals surface area contributed by atoms with Crippen LogP contribution in [0.15, 0.2) is 32.4 Å². The van der Waals surface area contributed by atoms with Gasteiger partial charge in [-0.25, -0.2) is 9.48 Å². The third-order valence-electron chi connectivity index (χ3n) is 6.47. The first-order valence-electron chi connectivity index (χ1n) is 11.4. The summed E-state index contributed by atoms with van der Waals surface area (Å²) in [5.41, 5.74) is 1.60. The van der Waals surface area contributed by atoms with E-state index in [-0.39, 0.29) is 65.1 Å². The molecule has 192 valence electrons. The molecular formula is C22H25N6NaO6S2. The van der Waals surface area contributed by atoms with Crippen molar-refractivity contribution < 1.29 is 55.3 Å². The summed E-state index contributed by atoms with van der Waals surface area (Å²) in [7, 11) is 1.61. The Bertz CT molecular complexity index is 1330. The maximum atomic E-state index is 13.0.